The van der Waals surface area contributed by atoms with Crippen molar-refractivity contribution in [2.45, 2.75) is 25.2 Å². The average Bonchev–Trinajstić information content (AvgIpc) is 3.15. The second kappa shape index (κ2) is 8.41. The standard InChI is InChI=1S/C21H22N2O3/c1-2-20(22)17-8-10-18(11-9-17)26-19-12-13-23(14-19)21(24)25-15-16-6-4-3-5-7-16/h1,3-11,19-20H,12-15,22H2. The number of hydrogen-bond acceptors (Lipinski definition) is 4. The van der Waals surface area contributed by atoms with Gasteiger partial charge in [-0.25, -0.2) is 4.79 Å². The molecule has 1 aliphatic rings. The van der Waals surface area contributed by atoms with Crippen LogP contribution in [0, 0.1) is 12.3 Å². The van der Waals surface area contributed by atoms with Crippen LogP contribution in [0.4, 0.5) is 4.79 Å². The van der Waals surface area contributed by atoms with Crippen molar-refractivity contribution in [2.24, 2.45) is 5.73 Å². The number of ether oxygens (including phenoxy) is 2. The van der Waals surface area contributed by atoms with Crippen LogP contribution in [0.3, 0.4) is 0 Å². The number of rotatable bonds is 5. The monoisotopic (exact) mass is 350 g/mol. The van der Waals surface area contributed by atoms with E-state index in [-0.39, 0.29) is 18.8 Å². The van der Waals surface area contributed by atoms with E-state index in [0.29, 0.717) is 13.1 Å². The smallest absolute Gasteiger partial charge is 0.410 e. The van der Waals surface area contributed by atoms with Gasteiger partial charge in [-0.1, -0.05) is 48.4 Å². The predicted molar refractivity (Wildman–Crippen MR) is 99.4 cm³/mol. The molecule has 134 valence electrons. The Hall–Kier alpha value is -2.97. The van der Waals surface area contributed by atoms with Gasteiger partial charge >= 0.3 is 6.09 Å². The Morgan fingerprint density at radius 1 is 1.23 bits per heavy atom. The first kappa shape index (κ1) is 17.8. The maximum Gasteiger partial charge on any atom is 0.410 e. The summed E-state index contributed by atoms with van der Waals surface area (Å²) in [6.07, 6.45) is 5.73. The van der Waals surface area contributed by atoms with Crippen LogP contribution in [0.2, 0.25) is 0 Å². The zero-order valence-corrected chi connectivity index (χ0v) is 14.5. The quantitative estimate of drug-likeness (QED) is 0.842. The maximum atomic E-state index is 12.2. The summed E-state index contributed by atoms with van der Waals surface area (Å²) >= 11 is 0. The van der Waals surface area contributed by atoms with Crippen LogP contribution in [-0.4, -0.2) is 30.2 Å². The topological polar surface area (TPSA) is 64.8 Å². The third kappa shape index (κ3) is 4.56. The number of amides is 1. The van der Waals surface area contributed by atoms with E-state index in [9.17, 15) is 4.79 Å². The third-order valence-corrected chi connectivity index (χ3v) is 4.33. The first-order valence-corrected chi connectivity index (χ1v) is 8.59. The highest BCUT2D eigenvalue weighted by atomic mass is 16.6. The molecule has 3 rings (SSSR count). The molecule has 26 heavy (non-hydrogen) atoms. The predicted octanol–water partition coefficient (Wildman–Crippen LogP) is 3.11. The minimum absolute atomic E-state index is 0.0496. The van der Waals surface area contributed by atoms with Crippen LogP contribution in [0.1, 0.15) is 23.6 Å². The number of hydrogen-bond donors (Lipinski definition) is 1. The number of nitrogens with zero attached hydrogens (tertiary/aromatic N) is 1. The molecule has 5 heteroatoms. The molecule has 1 aliphatic heterocycles. The molecule has 5 nitrogen and oxygen atoms in total. The minimum Gasteiger partial charge on any atom is -0.489 e. The van der Waals surface area contributed by atoms with Gasteiger partial charge in [0.15, 0.2) is 0 Å². The van der Waals surface area contributed by atoms with Crippen molar-refractivity contribution in [2.75, 3.05) is 13.1 Å². The van der Waals surface area contributed by atoms with Crippen LogP contribution in [0.15, 0.2) is 54.6 Å². The van der Waals surface area contributed by atoms with Gasteiger partial charge in [-0.3, -0.25) is 0 Å². The first-order chi connectivity index (χ1) is 12.7. The zero-order valence-electron chi connectivity index (χ0n) is 14.5. The molecular formula is C21H22N2O3. The van der Waals surface area contributed by atoms with Crippen molar-refractivity contribution in [3.05, 3.63) is 65.7 Å². The van der Waals surface area contributed by atoms with E-state index < -0.39 is 6.04 Å². The average molecular weight is 350 g/mol. The van der Waals surface area contributed by atoms with Crippen molar-refractivity contribution in [1.82, 2.24) is 4.90 Å². The van der Waals surface area contributed by atoms with Gasteiger partial charge in [0.05, 0.1) is 12.6 Å². The van der Waals surface area contributed by atoms with Crippen molar-refractivity contribution < 1.29 is 14.3 Å². The Morgan fingerprint density at radius 2 is 1.96 bits per heavy atom. The maximum absolute atomic E-state index is 12.2. The highest BCUT2D eigenvalue weighted by Crippen LogP contribution is 2.21. The van der Waals surface area contributed by atoms with Gasteiger partial charge in [0.1, 0.15) is 18.5 Å². The van der Waals surface area contributed by atoms with Gasteiger partial charge in [0.2, 0.25) is 0 Å². The van der Waals surface area contributed by atoms with E-state index in [1.54, 1.807) is 4.90 Å². The molecular weight excluding hydrogens is 328 g/mol. The van der Waals surface area contributed by atoms with Crippen LogP contribution in [-0.2, 0) is 11.3 Å². The third-order valence-electron chi connectivity index (χ3n) is 4.33. The molecule has 0 bridgehead atoms. The molecule has 0 radical (unpaired) electrons. The molecule has 0 spiro atoms. The fourth-order valence-electron chi connectivity index (χ4n) is 2.84. The summed E-state index contributed by atoms with van der Waals surface area (Å²) in [5, 5.41) is 0. The second-order valence-electron chi connectivity index (χ2n) is 6.23. The van der Waals surface area contributed by atoms with Gasteiger partial charge in [-0.15, -0.1) is 6.42 Å². The van der Waals surface area contributed by atoms with E-state index in [1.807, 2.05) is 54.6 Å². The van der Waals surface area contributed by atoms with E-state index in [1.165, 1.54) is 0 Å². The molecule has 2 N–H and O–H groups in total. The van der Waals surface area contributed by atoms with E-state index in [0.717, 1.165) is 23.3 Å². The van der Waals surface area contributed by atoms with Crippen molar-refractivity contribution in [3.8, 4) is 18.1 Å². The fourth-order valence-corrected chi connectivity index (χ4v) is 2.84. The normalized spacial score (nSPS) is 17.4. The summed E-state index contributed by atoms with van der Waals surface area (Å²) in [4.78, 5) is 13.9. The molecule has 2 aromatic carbocycles. The largest absolute Gasteiger partial charge is 0.489 e. The SMILES string of the molecule is C#CC(N)c1ccc(OC2CCN(C(=O)OCc3ccccc3)C2)cc1. The van der Waals surface area contributed by atoms with Gasteiger partial charge < -0.3 is 20.1 Å². The lowest BCUT2D eigenvalue weighted by molar-refractivity contribution is 0.0991. The molecule has 0 saturated carbocycles. The Balaban J connectivity index is 1.47. The molecule has 1 fully saturated rings. The molecule has 2 unspecified atom stereocenters. The first-order valence-electron chi connectivity index (χ1n) is 8.59. The number of likely N-dealkylation sites (tertiary alicyclic amines) is 1. The molecule has 2 aromatic rings. The van der Waals surface area contributed by atoms with Crippen molar-refractivity contribution >= 4 is 6.09 Å². The van der Waals surface area contributed by atoms with Gasteiger partial charge in [0, 0.05) is 13.0 Å². The Bertz CT molecular complexity index is 768. The van der Waals surface area contributed by atoms with Crippen LogP contribution >= 0.6 is 0 Å². The second-order valence-corrected chi connectivity index (χ2v) is 6.23. The molecule has 2 atom stereocenters. The number of terminal acetylenes is 1. The van der Waals surface area contributed by atoms with Gasteiger partial charge in [-0.05, 0) is 23.3 Å². The zero-order chi connectivity index (χ0) is 18.4. The summed E-state index contributed by atoms with van der Waals surface area (Å²) in [5.41, 5.74) is 7.64. The lowest BCUT2D eigenvalue weighted by Crippen LogP contribution is -2.31. The van der Waals surface area contributed by atoms with E-state index in [2.05, 4.69) is 5.92 Å². The number of nitrogens with two attached hydrogens (primary N) is 1. The molecule has 0 aliphatic carbocycles. The Kier molecular flexibility index (Phi) is 5.77. The number of carbonyl (C=O) groups excluding carboxylic acids is 1. The van der Waals surface area contributed by atoms with Gasteiger partial charge in [-0.2, -0.15) is 0 Å². The minimum atomic E-state index is -0.412. The van der Waals surface area contributed by atoms with Gasteiger partial charge in [0.25, 0.3) is 0 Å². The summed E-state index contributed by atoms with van der Waals surface area (Å²) in [5.74, 6) is 3.23. The molecule has 1 saturated heterocycles. The lowest BCUT2D eigenvalue weighted by Gasteiger charge is -2.17. The van der Waals surface area contributed by atoms with Crippen molar-refractivity contribution in [1.29, 1.82) is 0 Å². The van der Waals surface area contributed by atoms with Crippen LogP contribution < -0.4 is 10.5 Å². The lowest BCUT2D eigenvalue weighted by atomic mass is 10.1. The van der Waals surface area contributed by atoms with E-state index in [4.69, 9.17) is 21.6 Å². The number of carbonyl (C=O) groups is 1. The molecule has 1 amide bonds. The Labute approximate surface area is 153 Å². The Morgan fingerprint density at radius 3 is 2.65 bits per heavy atom. The van der Waals surface area contributed by atoms with Crippen LogP contribution in [0.5, 0.6) is 5.75 Å². The van der Waals surface area contributed by atoms with E-state index >= 15 is 0 Å². The molecule has 0 aromatic heterocycles. The summed E-state index contributed by atoms with van der Waals surface area (Å²) < 4.78 is 11.3. The molecule has 1 heterocycles. The fraction of sp³-hybridized carbons (Fsp3) is 0.286. The highest BCUT2D eigenvalue weighted by Gasteiger charge is 2.28. The van der Waals surface area contributed by atoms with Crippen molar-refractivity contribution in [3.63, 3.8) is 0 Å². The number of benzene rings is 2. The summed E-state index contributed by atoms with van der Waals surface area (Å²) in [6.45, 7) is 1.41. The highest BCUT2D eigenvalue weighted by molar-refractivity contribution is 5.68. The summed E-state index contributed by atoms with van der Waals surface area (Å²) in [7, 11) is 0. The van der Waals surface area contributed by atoms with Crippen LogP contribution in [0.25, 0.3) is 0 Å². The summed E-state index contributed by atoms with van der Waals surface area (Å²) in [6, 6.07) is 16.6.